The number of carbonyl (C=O) groups is 1. The van der Waals surface area contributed by atoms with Crippen LogP contribution in [0.2, 0.25) is 0 Å². The van der Waals surface area contributed by atoms with Crippen LogP contribution in [0.3, 0.4) is 0 Å². The van der Waals surface area contributed by atoms with Gasteiger partial charge in [-0.15, -0.1) is 0 Å². The van der Waals surface area contributed by atoms with Crippen LogP contribution in [0.5, 0.6) is 0 Å². The normalized spacial score (nSPS) is 13.8. The minimum Gasteiger partial charge on any atom is -0.369 e. The van der Waals surface area contributed by atoms with E-state index >= 15 is 0 Å². The van der Waals surface area contributed by atoms with Crippen LogP contribution in [0, 0.1) is 10.1 Å². The van der Waals surface area contributed by atoms with Crippen LogP contribution in [-0.4, -0.2) is 30.5 Å². The Balaban J connectivity index is 2.21. The van der Waals surface area contributed by atoms with Crippen LogP contribution < -0.4 is 10.2 Å². The van der Waals surface area contributed by atoms with E-state index in [-0.39, 0.29) is 17.6 Å². The van der Waals surface area contributed by atoms with Crippen LogP contribution in [-0.2, 0) is 0 Å². The Hall–Kier alpha value is -2.11. The number of nitrogens with zero attached hydrogens (tertiary/aromatic N) is 2. The van der Waals surface area contributed by atoms with Crippen molar-refractivity contribution in [3.8, 4) is 0 Å². The SMILES string of the molecule is CCCCN(C)c1ccc(C(=O)NC2CC2)cc1[N+](=O)[O-]. The average Bonchev–Trinajstić information content (AvgIpc) is 3.27. The number of nitrogens with one attached hydrogen (secondary N) is 1. The van der Waals surface area contributed by atoms with Crippen LogP contribution in [0.4, 0.5) is 11.4 Å². The number of unbranched alkanes of at least 4 members (excludes halogenated alkanes) is 1. The molecule has 0 heterocycles. The van der Waals surface area contributed by atoms with Gasteiger partial charge in [-0.25, -0.2) is 0 Å². The second-order valence-corrected chi connectivity index (χ2v) is 5.48. The van der Waals surface area contributed by atoms with Gasteiger partial charge >= 0.3 is 0 Å². The molecule has 21 heavy (non-hydrogen) atoms. The van der Waals surface area contributed by atoms with Gasteiger partial charge in [0.25, 0.3) is 11.6 Å². The smallest absolute Gasteiger partial charge is 0.293 e. The fraction of sp³-hybridized carbons (Fsp3) is 0.533. The van der Waals surface area contributed by atoms with Crippen molar-refractivity contribution in [1.29, 1.82) is 0 Å². The molecule has 6 heteroatoms. The number of amides is 1. The highest BCUT2D eigenvalue weighted by Crippen LogP contribution is 2.29. The predicted molar refractivity (Wildman–Crippen MR) is 81.8 cm³/mol. The zero-order valence-corrected chi connectivity index (χ0v) is 12.5. The molecule has 0 saturated heterocycles. The van der Waals surface area contributed by atoms with Crippen molar-refractivity contribution in [2.75, 3.05) is 18.5 Å². The van der Waals surface area contributed by atoms with Gasteiger partial charge in [-0.1, -0.05) is 13.3 Å². The summed E-state index contributed by atoms with van der Waals surface area (Å²) in [5, 5.41) is 14.1. The highest BCUT2D eigenvalue weighted by atomic mass is 16.6. The second kappa shape index (κ2) is 6.56. The molecule has 114 valence electrons. The molecule has 1 fully saturated rings. The van der Waals surface area contributed by atoms with E-state index in [0.29, 0.717) is 11.3 Å². The number of rotatable bonds is 7. The molecule has 1 N–H and O–H groups in total. The lowest BCUT2D eigenvalue weighted by atomic mass is 10.1. The van der Waals surface area contributed by atoms with Crippen molar-refractivity contribution in [1.82, 2.24) is 5.32 Å². The number of nitro groups is 1. The topological polar surface area (TPSA) is 75.5 Å². The van der Waals surface area contributed by atoms with E-state index in [1.54, 1.807) is 12.1 Å². The number of hydrogen-bond acceptors (Lipinski definition) is 4. The first kappa shape index (κ1) is 15.3. The zero-order chi connectivity index (χ0) is 15.4. The Labute approximate surface area is 124 Å². The maximum Gasteiger partial charge on any atom is 0.293 e. The largest absolute Gasteiger partial charge is 0.369 e. The summed E-state index contributed by atoms with van der Waals surface area (Å²) in [6, 6.07) is 4.93. The molecular formula is C15H21N3O3. The fourth-order valence-corrected chi connectivity index (χ4v) is 2.15. The molecular weight excluding hydrogens is 270 g/mol. The number of hydrogen-bond donors (Lipinski definition) is 1. The van der Waals surface area contributed by atoms with E-state index in [9.17, 15) is 14.9 Å². The summed E-state index contributed by atoms with van der Waals surface area (Å²) in [5.74, 6) is -0.233. The third-order valence-corrected chi connectivity index (χ3v) is 3.61. The van der Waals surface area contributed by atoms with Crippen molar-refractivity contribution in [2.24, 2.45) is 0 Å². The molecule has 0 atom stereocenters. The van der Waals surface area contributed by atoms with E-state index in [4.69, 9.17) is 0 Å². The highest BCUT2D eigenvalue weighted by Gasteiger charge is 2.25. The fourth-order valence-electron chi connectivity index (χ4n) is 2.15. The van der Waals surface area contributed by atoms with Gasteiger partial charge in [0.15, 0.2) is 0 Å². The van der Waals surface area contributed by atoms with Gasteiger partial charge in [-0.05, 0) is 31.4 Å². The van der Waals surface area contributed by atoms with Gasteiger partial charge in [0.2, 0.25) is 0 Å². The molecule has 0 aliphatic heterocycles. The van der Waals surface area contributed by atoms with Crippen molar-refractivity contribution in [3.05, 3.63) is 33.9 Å². The Morgan fingerprint density at radius 2 is 2.19 bits per heavy atom. The van der Waals surface area contributed by atoms with Gasteiger partial charge in [-0.3, -0.25) is 14.9 Å². The molecule has 1 aliphatic carbocycles. The highest BCUT2D eigenvalue weighted by molar-refractivity contribution is 5.96. The van der Waals surface area contributed by atoms with Crippen LogP contribution >= 0.6 is 0 Å². The van der Waals surface area contributed by atoms with Gasteiger partial charge in [0.1, 0.15) is 5.69 Å². The monoisotopic (exact) mass is 291 g/mol. The Morgan fingerprint density at radius 1 is 1.48 bits per heavy atom. The molecule has 0 bridgehead atoms. The molecule has 1 aliphatic rings. The molecule has 1 saturated carbocycles. The third kappa shape index (κ3) is 3.93. The lowest BCUT2D eigenvalue weighted by Gasteiger charge is -2.19. The number of benzene rings is 1. The summed E-state index contributed by atoms with van der Waals surface area (Å²) in [6.45, 7) is 2.83. The Morgan fingerprint density at radius 3 is 2.76 bits per heavy atom. The van der Waals surface area contributed by atoms with E-state index in [1.807, 2.05) is 11.9 Å². The van der Waals surface area contributed by atoms with E-state index < -0.39 is 4.92 Å². The third-order valence-electron chi connectivity index (χ3n) is 3.61. The zero-order valence-electron chi connectivity index (χ0n) is 12.5. The van der Waals surface area contributed by atoms with Gasteiger partial charge < -0.3 is 10.2 Å². The lowest BCUT2D eigenvalue weighted by Crippen LogP contribution is -2.26. The maximum atomic E-state index is 12.0. The first-order valence-electron chi connectivity index (χ1n) is 7.33. The van der Waals surface area contributed by atoms with Crippen LogP contribution in [0.1, 0.15) is 43.0 Å². The molecule has 2 rings (SSSR count). The molecule has 6 nitrogen and oxygen atoms in total. The molecule has 0 spiro atoms. The second-order valence-electron chi connectivity index (χ2n) is 5.48. The number of anilines is 1. The van der Waals surface area contributed by atoms with Crippen molar-refractivity contribution in [3.63, 3.8) is 0 Å². The molecule has 1 amide bonds. The summed E-state index contributed by atoms with van der Waals surface area (Å²) in [6.07, 6.45) is 3.98. The molecule has 1 aromatic rings. The minimum atomic E-state index is -0.425. The summed E-state index contributed by atoms with van der Waals surface area (Å²) in [5.41, 5.74) is 0.884. The van der Waals surface area contributed by atoms with E-state index in [0.717, 1.165) is 32.2 Å². The van der Waals surface area contributed by atoms with E-state index in [1.165, 1.54) is 6.07 Å². The Kier molecular flexibility index (Phi) is 4.77. The summed E-state index contributed by atoms with van der Waals surface area (Å²) < 4.78 is 0. The first-order chi connectivity index (χ1) is 10.0. The van der Waals surface area contributed by atoms with Gasteiger partial charge in [-0.2, -0.15) is 0 Å². The summed E-state index contributed by atoms with van der Waals surface area (Å²) >= 11 is 0. The quantitative estimate of drug-likeness (QED) is 0.619. The summed E-state index contributed by atoms with van der Waals surface area (Å²) in [7, 11) is 1.84. The van der Waals surface area contributed by atoms with Crippen LogP contribution in [0.15, 0.2) is 18.2 Å². The molecule has 0 aromatic heterocycles. The standard InChI is InChI=1S/C15H21N3O3/c1-3-4-9-17(2)13-8-5-11(10-14(13)18(20)21)15(19)16-12-6-7-12/h5,8,10,12H,3-4,6-7,9H2,1-2H3,(H,16,19). The number of carbonyl (C=O) groups excluding carboxylic acids is 1. The van der Waals surface area contributed by atoms with Crippen molar-refractivity contribution < 1.29 is 9.72 Å². The maximum absolute atomic E-state index is 12.0. The van der Waals surface area contributed by atoms with Gasteiger partial charge in [0, 0.05) is 31.3 Å². The molecule has 0 radical (unpaired) electrons. The van der Waals surface area contributed by atoms with E-state index in [2.05, 4.69) is 12.2 Å². The molecule has 1 aromatic carbocycles. The minimum absolute atomic E-state index is 0.0166. The predicted octanol–water partition coefficient (Wildman–Crippen LogP) is 2.72. The number of nitro benzene ring substituents is 1. The molecule has 0 unspecified atom stereocenters. The average molecular weight is 291 g/mol. The summed E-state index contributed by atoms with van der Waals surface area (Å²) in [4.78, 5) is 24.7. The van der Waals surface area contributed by atoms with Crippen molar-refractivity contribution in [2.45, 2.75) is 38.6 Å². The van der Waals surface area contributed by atoms with Gasteiger partial charge in [0.05, 0.1) is 4.92 Å². The van der Waals surface area contributed by atoms with Crippen molar-refractivity contribution >= 4 is 17.3 Å². The Bertz CT molecular complexity index is 541. The lowest BCUT2D eigenvalue weighted by molar-refractivity contribution is -0.384. The first-order valence-corrected chi connectivity index (χ1v) is 7.33. The van der Waals surface area contributed by atoms with Crippen LogP contribution in [0.25, 0.3) is 0 Å².